The van der Waals surface area contributed by atoms with Gasteiger partial charge in [0.15, 0.2) is 0 Å². The molecule has 3 nitrogen and oxygen atoms in total. The summed E-state index contributed by atoms with van der Waals surface area (Å²) in [5.41, 5.74) is 0. The molecule has 0 aromatic heterocycles. The van der Waals surface area contributed by atoms with E-state index in [2.05, 4.69) is 10.2 Å². The molecule has 1 fully saturated rings. The number of nitrogens with zero attached hydrogens (tertiary/aromatic N) is 1. The maximum absolute atomic E-state index is 10.8. The van der Waals surface area contributed by atoms with Crippen LogP contribution in [-0.2, 0) is 4.79 Å². The number of alkyl halides is 1. The number of amides is 1. The van der Waals surface area contributed by atoms with Gasteiger partial charge in [-0.1, -0.05) is 6.42 Å². The van der Waals surface area contributed by atoms with Crippen molar-refractivity contribution < 1.29 is 4.79 Å². The van der Waals surface area contributed by atoms with E-state index in [0.29, 0.717) is 0 Å². The molecule has 1 N–H and O–H groups in total. The van der Waals surface area contributed by atoms with Crippen molar-refractivity contribution in [2.75, 3.05) is 32.1 Å². The normalized spacial score (nSPS) is 18.5. The molecule has 4 heteroatoms. The highest BCUT2D eigenvalue weighted by atomic mass is 35.5. The topological polar surface area (TPSA) is 32.3 Å². The van der Waals surface area contributed by atoms with Crippen LogP contribution < -0.4 is 5.32 Å². The molecule has 0 atom stereocenters. The third-order valence-electron chi connectivity index (χ3n) is 2.32. The number of hydrogen-bond acceptors (Lipinski definition) is 2. The van der Waals surface area contributed by atoms with Crippen molar-refractivity contribution in [2.24, 2.45) is 0 Å². The molecule has 1 aliphatic heterocycles. The van der Waals surface area contributed by atoms with Gasteiger partial charge in [0.25, 0.3) is 0 Å². The SMILES string of the molecule is O=C(CCl)NCCN1CCCCC1. The molecule has 76 valence electrons. The molecule has 0 aromatic carbocycles. The van der Waals surface area contributed by atoms with E-state index >= 15 is 0 Å². The van der Waals surface area contributed by atoms with Gasteiger partial charge in [0, 0.05) is 13.1 Å². The molecule has 0 unspecified atom stereocenters. The van der Waals surface area contributed by atoms with Crippen LogP contribution in [0.4, 0.5) is 0 Å². The van der Waals surface area contributed by atoms with Gasteiger partial charge in [0.2, 0.25) is 5.91 Å². The average Bonchev–Trinajstić information content (AvgIpc) is 2.19. The van der Waals surface area contributed by atoms with E-state index in [4.69, 9.17) is 11.6 Å². The highest BCUT2D eigenvalue weighted by Gasteiger charge is 2.09. The van der Waals surface area contributed by atoms with Gasteiger partial charge < -0.3 is 10.2 Å². The molecule has 1 aliphatic rings. The third-order valence-corrected chi connectivity index (χ3v) is 2.56. The fourth-order valence-corrected chi connectivity index (χ4v) is 1.68. The zero-order valence-electron chi connectivity index (χ0n) is 7.89. The van der Waals surface area contributed by atoms with E-state index < -0.39 is 0 Å². The van der Waals surface area contributed by atoms with Gasteiger partial charge in [0.05, 0.1) is 0 Å². The van der Waals surface area contributed by atoms with Crippen molar-refractivity contribution in [1.82, 2.24) is 10.2 Å². The summed E-state index contributed by atoms with van der Waals surface area (Å²) in [6.45, 7) is 4.04. The van der Waals surface area contributed by atoms with Crippen LogP contribution >= 0.6 is 11.6 Å². The first-order valence-electron chi connectivity index (χ1n) is 4.88. The molecule has 0 bridgehead atoms. The van der Waals surface area contributed by atoms with Crippen LogP contribution in [0.15, 0.2) is 0 Å². The molecule has 1 heterocycles. The number of carbonyl (C=O) groups excluding carboxylic acids is 1. The molecular weight excluding hydrogens is 188 g/mol. The lowest BCUT2D eigenvalue weighted by molar-refractivity contribution is -0.118. The van der Waals surface area contributed by atoms with Crippen LogP contribution in [0.3, 0.4) is 0 Å². The van der Waals surface area contributed by atoms with Crippen LogP contribution in [-0.4, -0.2) is 42.9 Å². The Kier molecular flexibility index (Phi) is 5.16. The van der Waals surface area contributed by atoms with Crippen molar-refractivity contribution in [3.8, 4) is 0 Å². The van der Waals surface area contributed by atoms with E-state index in [1.54, 1.807) is 0 Å². The highest BCUT2D eigenvalue weighted by molar-refractivity contribution is 6.27. The van der Waals surface area contributed by atoms with Gasteiger partial charge in [-0.05, 0) is 25.9 Å². The smallest absolute Gasteiger partial charge is 0.234 e. The van der Waals surface area contributed by atoms with E-state index in [9.17, 15) is 4.79 Å². The minimum atomic E-state index is -0.0707. The predicted octanol–water partition coefficient (Wildman–Crippen LogP) is 0.827. The van der Waals surface area contributed by atoms with Crippen LogP contribution in [0.5, 0.6) is 0 Å². The minimum Gasteiger partial charge on any atom is -0.354 e. The summed E-state index contributed by atoms with van der Waals surface area (Å²) in [4.78, 5) is 13.2. The molecular formula is C9H17ClN2O. The zero-order valence-corrected chi connectivity index (χ0v) is 8.65. The summed E-state index contributed by atoms with van der Waals surface area (Å²) >= 11 is 5.35. The Morgan fingerprint density at radius 3 is 2.62 bits per heavy atom. The fourth-order valence-electron chi connectivity index (χ4n) is 1.58. The largest absolute Gasteiger partial charge is 0.354 e. The minimum absolute atomic E-state index is 0.0694. The molecule has 0 radical (unpaired) electrons. The summed E-state index contributed by atoms with van der Waals surface area (Å²) < 4.78 is 0. The van der Waals surface area contributed by atoms with Crippen molar-refractivity contribution >= 4 is 17.5 Å². The summed E-state index contributed by atoms with van der Waals surface area (Å²) in [7, 11) is 0. The molecule has 0 aliphatic carbocycles. The van der Waals surface area contributed by atoms with Crippen LogP contribution in [0, 0.1) is 0 Å². The third kappa shape index (κ3) is 4.48. The maximum Gasteiger partial charge on any atom is 0.234 e. The Balaban J connectivity index is 2.01. The maximum atomic E-state index is 10.8. The van der Waals surface area contributed by atoms with Crippen LogP contribution in [0.25, 0.3) is 0 Å². The quantitative estimate of drug-likeness (QED) is 0.688. The lowest BCUT2D eigenvalue weighted by Crippen LogP contribution is -2.37. The van der Waals surface area contributed by atoms with Crippen LogP contribution in [0.1, 0.15) is 19.3 Å². The second kappa shape index (κ2) is 6.22. The lowest BCUT2D eigenvalue weighted by atomic mass is 10.1. The molecule has 1 saturated heterocycles. The summed E-state index contributed by atoms with van der Waals surface area (Å²) in [5.74, 6) is -0.00123. The summed E-state index contributed by atoms with van der Waals surface area (Å²) in [6, 6.07) is 0. The number of rotatable bonds is 4. The van der Waals surface area contributed by atoms with Gasteiger partial charge in [-0.3, -0.25) is 4.79 Å². The number of halogens is 1. The first kappa shape index (κ1) is 10.8. The summed E-state index contributed by atoms with van der Waals surface area (Å²) in [5, 5.41) is 2.77. The lowest BCUT2D eigenvalue weighted by Gasteiger charge is -2.26. The van der Waals surface area contributed by atoms with Gasteiger partial charge in [-0.2, -0.15) is 0 Å². The van der Waals surface area contributed by atoms with Gasteiger partial charge in [0.1, 0.15) is 5.88 Å². The fraction of sp³-hybridized carbons (Fsp3) is 0.889. The Morgan fingerprint density at radius 2 is 2.00 bits per heavy atom. The zero-order chi connectivity index (χ0) is 9.52. The Labute approximate surface area is 84.4 Å². The van der Waals surface area contributed by atoms with E-state index in [1.165, 1.54) is 32.4 Å². The van der Waals surface area contributed by atoms with Crippen LogP contribution in [0.2, 0.25) is 0 Å². The number of nitrogens with one attached hydrogen (secondary N) is 1. The van der Waals surface area contributed by atoms with E-state index in [1.807, 2.05) is 0 Å². The average molecular weight is 205 g/mol. The van der Waals surface area contributed by atoms with Gasteiger partial charge >= 0.3 is 0 Å². The Bertz CT molecular complexity index is 158. The van der Waals surface area contributed by atoms with E-state index in [0.717, 1.165) is 13.1 Å². The summed E-state index contributed by atoms with van der Waals surface area (Å²) in [6.07, 6.45) is 3.94. The molecule has 0 spiro atoms. The van der Waals surface area contributed by atoms with Gasteiger partial charge in [-0.15, -0.1) is 11.6 Å². The molecule has 1 rings (SSSR count). The van der Waals surface area contributed by atoms with Gasteiger partial charge in [-0.25, -0.2) is 0 Å². The first-order chi connectivity index (χ1) is 6.33. The molecule has 0 aromatic rings. The Morgan fingerprint density at radius 1 is 1.31 bits per heavy atom. The number of piperidine rings is 1. The number of likely N-dealkylation sites (tertiary alicyclic amines) is 1. The number of carbonyl (C=O) groups is 1. The van der Waals surface area contributed by atoms with Crippen molar-refractivity contribution in [2.45, 2.75) is 19.3 Å². The standard InChI is InChI=1S/C9H17ClN2O/c10-8-9(13)11-4-7-12-5-2-1-3-6-12/h1-8H2,(H,11,13). The Hall–Kier alpha value is -0.280. The monoisotopic (exact) mass is 204 g/mol. The highest BCUT2D eigenvalue weighted by Crippen LogP contribution is 2.07. The van der Waals surface area contributed by atoms with Crippen molar-refractivity contribution in [1.29, 1.82) is 0 Å². The molecule has 1 amide bonds. The predicted molar refractivity (Wildman–Crippen MR) is 54.0 cm³/mol. The van der Waals surface area contributed by atoms with Crippen molar-refractivity contribution in [3.05, 3.63) is 0 Å². The number of hydrogen-bond donors (Lipinski definition) is 1. The molecule has 13 heavy (non-hydrogen) atoms. The first-order valence-corrected chi connectivity index (χ1v) is 5.41. The molecule has 0 saturated carbocycles. The van der Waals surface area contributed by atoms with Crippen molar-refractivity contribution in [3.63, 3.8) is 0 Å². The second-order valence-corrected chi connectivity index (χ2v) is 3.65. The second-order valence-electron chi connectivity index (χ2n) is 3.39. The van der Waals surface area contributed by atoms with E-state index in [-0.39, 0.29) is 11.8 Å².